The molecule has 0 atom stereocenters. The zero-order chi connectivity index (χ0) is 14.9. The quantitative estimate of drug-likeness (QED) is 0.866. The van der Waals surface area contributed by atoms with Crippen LogP contribution in [0.4, 0.5) is 5.69 Å². The Bertz CT molecular complexity index is 564. The molecule has 1 saturated carbocycles. The number of carbonyl (C=O) groups is 2. The third kappa shape index (κ3) is 2.65. The Balaban J connectivity index is 1.56. The molecule has 5 nitrogen and oxygen atoms in total. The van der Waals surface area contributed by atoms with Crippen molar-refractivity contribution in [3.63, 3.8) is 0 Å². The molecule has 1 aromatic carbocycles. The summed E-state index contributed by atoms with van der Waals surface area (Å²) in [5, 5.41) is 2.89. The molecule has 0 unspecified atom stereocenters. The Morgan fingerprint density at radius 2 is 2.00 bits per heavy atom. The van der Waals surface area contributed by atoms with Crippen LogP contribution in [-0.4, -0.2) is 30.4 Å². The summed E-state index contributed by atoms with van der Waals surface area (Å²) in [4.78, 5) is 25.9. The van der Waals surface area contributed by atoms with E-state index >= 15 is 0 Å². The smallest absolute Gasteiger partial charge is 0.240 e. The number of anilines is 1. The first-order valence-corrected chi connectivity index (χ1v) is 7.56. The molecule has 0 bridgehead atoms. The van der Waals surface area contributed by atoms with E-state index in [9.17, 15) is 9.59 Å². The molecule has 1 aromatic rings. The Morgan fingerprint density at radius 1 is 1.29 bits per heavy atom. The summed E-state index contributed by atoms with van der Waals surface area (Å²) >= 11 is 0. The first-order chi connectivity index (χ1) is 10.1. The summed E-state index contributed by atoms with van der Waals surface area (Å²) < 4.78 is 0. The van der Waals surface area contributed by atoms with Crippen LogP contribution in [0.5, 0.6) is 0 Å². The van der Waals surface area contributed by atoms with Crippen LogP contribution in [0.1, 0.15) is 31.2 Å². The van der Waals surface area contributed by atoms with Crippen molar-refractivity contribution in [1.29, 1.82) is 0 Å². The molecule has 112 valence electrons. The summed E-state index contributed by atoms with van der Waals surface area (Å²) in [5.74, 6) is 0.00806. The highest BCUT2D eigenvalue weighted by molar-refractivity contribution is 6.01. The minimum atomic E-state index is -0.701. The Kier molecular flexibility index (Phi) is 3.68. The lowest BCUT2D eigenvalue weighted by Crippen LogP contribution is -2.53. The molecular weight excluding hydrogens is 266 g/mol. The van der Waals surface area contributed by atoms with Crippen molar-refractivity contribution < 1.29 is 9.59 Å². The van der Waals surface area contributed by atoms with Gasteiger partial charge in [0.05, 0.1) is 12.0 Å². The summed E-state index contributed by atoms with van der Waals surface area (Å²) in [6.45, 7) is 0.940. The molecule has 1 aliphatic heterocycles. The maximum absolute atomic E-state index is 12.1. The molecule has 1 fully saturated rings. The number of nitrogens with two attached hydrogens (primary N) is 1. The third-order valence-electron chi connectivity index (χ3n) is 4.49. The van der Waals surface area contributed by atoms with Gasteiger partial charge in [-0.05, 0) is 24.5 Å². The molecule has 1 aliphatic carbocycles. The summed E-state index contributed by atoms with van der Waals surface area (Å²) in [5.41, 5.74) is 7.42. The Morgan fingerprint density at radius 3 is 2.76 bits per heavy atom. The first-order valence-electron chi connectivity index (χ1n) is 7.56. The van der Waals surface area contributed by atoms with Gasteiger partial charge in [-0.15, -0.1) is 0 Å². The number of para-hydroxylation sites is 1. The highest BCUT2D eigenvalue weighted by atomic mass is 16.2. The standard InChI is InChI=1S/C16H21N3O2/c17-16(7-3-4-8-16)15(21)18-9-10-19-13-6-2-1-5-12(13)11-14(19)20/h1-2,5-6H,3-4,7-11,17H2,(H,18,21). The number of carbonyl (C=O) groups excluding carboxylic acids is 2. The lowest BCUT2D eigenvalue weighted by molar-refractivity contribution is -0.126. The Hall–Kier alpha value is -1.88. The average molecular weight is 287 g/mol. The van der Waals surface area contributed by atoms with Crippen LogP contribution < -0.4 is 16.0 Å². The van der Waals surface area contributed by atoms with Gasteiger partial charge in [0.2, 0.25) is 11.8 Å². The number of benzene rings is 1. The first kappa shape index (κ1) is 14.1. The van der Waals surface area contributed by atoms with Crippen LogP contribution >= 0.6 is 0 Å². The number of fused-ring (bicyclic) bond motifs is 1. The average Bonchev–Trinajstić information content (AvgIpc) is 3.04. The zero-order valence-corrected chi connectivity index (χ0v) is 12.1. The van der Waals surface area contributed by atoms with E-state index in [2.05, 4.69) is 5.32 Å². The van der Waals surface area contributed by atoms with Crippen molar-refractivity contribution in [3.8, 4) is 0 Å². The van der Waals surface area contributed by atoms with Gasteiger partial charge in [0.1, 0.15) is 0 Å². The van der Waals surface area contributed by atoms with Crippen LogP contribution in [0.3, 0.4) is 0 Å². The second-order valence-electron chi connectivity index (χ2n) is 5.97. The van der Waals surface area contributed by atoms with E-state index in [1.54, 1.807) is 4.90 Å². The summed E-state index contributed by atoms with van der Waals surface area (Å²) in [6.07, 6.45) is 3.99. The van der Waals surface area contributed by atoms with Crippen molar-refractivity contribution in [2.75, 3.05) is 18.0 Å². The van der Waals surface area contributed by atoms with Crippen molar-refractivity contribution in [2.24, 2.45) is 5.73 Å². The highest BCUT2D eigenvalue weighted by Crippen LogP contribution is 2.28. The van der Waals surface area contributed by atoms with Crippen LogP contribution in [0, 0.1) is 0 Å². The lowest BCUT2D eigenvalue weighted by atomic mass is 9.98. The number of nitrogens with one attached hydrogen (secondary N) is 1. The van der Waals surface area contributed by atoms with Gasteiger partial charge in [0, 0.05) is 18.8 Å². The molecule has 21 heavy (non-hydrogen) atoms. The maximum Gasteiger partial charge on any atom is 0.240 e. The lowest BCUT2D eigenvalue weighted by Gasteiger charge is -2.23. The predicted octanol–water partition coefficient (Wildman–Crippen LogP) is 0.963. The molecule has 3 N–H and O–H groups in total. The predicted molar refractivity (Wildman–Crippen MR) is 80.9 cm³/mol. The minimum Gasteiger partial charge on any atom is -0.353 e. The van der Waals surface area contributed by atoms with Crippen LogP contribution in [-0.2, 0) is 16.0 Å². The van der Waals surface area contributed by atoms with E-state index in [-0.39, 0.29) is 11.8 Å². The number of hydrogen-bond donors (Lipinski definition) is 2. The zero-order valence-electron chi connectivity index (χ0n) is 12.1. The van der Waals surface area contributed by atoms with Gasteiger partial charge in [-0.25, -0.2) is 0 Å². The fourth-order valence-electron chi connectivity index (χ4n) is 3.25. The fourth-order valence-corrected chi connectivity index (χ4v) is 3.25. The Labute approximate surface area is 124 Å². The molecule has 0 radical (unpaired) electrons. The van der Waals surface area contributed by atoms with Gasteiger partial charge in [0.25, 0.3) is 0 Å². The van der Waals surface area contributed by atoms with Crippen LogP contribution in [0.15, 0.2) is 24.3 Å². The van der Waals surface area contributed by atoms with Crippen LogP contribution in [0.25, 0.3) is 0 Å². The van der Waals surface area contributed by atoms with Crippen molar-refractivity contribution in [1.82, 2.24) is 5.32 Å². The van der Waals surface area contributed by atoms with Gasteiger partial charge < -0.3 is 16.0 Å². The molecule has 0 spiro atoms. The van der Waals surface area contributed by atoms with E-state index in [4.69, 9.17) is 5.73 Å². The maximum atomic E-state index is 12.1. The third-order valence-corrected chi connectivity index (χ3v) is 4.49. The van der Waals surface area contributed by atoms with E-state index in [1.165, 1.54) is 0 Å². The van der Waals surface area contributed by atoms with E-state index in [0.29, 0.717) is 19.5 Å². The number of rotatable bonds is 4. The number of hydrogen-bond acceptors (Lipinski definition) is 3. The number of nitrogens with zero attached hydrogens (tertiary/aromatic N) is 1. The molecule has 5 heteroatoms. The summed E-state index contributed by atoms with van der Waals surface area (Å²) in [6, 6.07) is 7.79. The molecule has 2 amide bonds. The van der Waals surface area contributed by atoms with Crippen LogP contribution in [0.2, 0.25) is 0 Å². The molecule has 0 aromatic heterocycles. The van der Waals surface area contributed by atoms with Gasteiger partial charge >= 0.3 is 0 Å². The largest absolute Gasteiger partial charge is 0.353 e. The van der Waals surface area contributed by atoms with Gasteiger partial charge in [0.15, 0.2) is 0 Å². The topological polar surface area (TPSA) is 75.4 Å². The van der Waals surface area contributed by atoms with Crippen molar-refractivity contribution in [2.45, 2.75) is 37.6 Å². The normalized spacial score (nSPS) is 19.7. The molecule has 2 aliphatic rings. The van der Waals surface area contributed by atoms with Crippen molar-refractivity contribution >= 4 is 17.5 Å². The molecule has 1 heterocycles. The highest BCUT2D eigenvalue weighted by Gasteiger charge is 2.36. The molecule has 3 rings (SSSR count). The van der Waals surface area contributed by atoms with Gasteiger partial charge in [-0.1, -0.05) is 31.0 Å². The van der Waals surface area contributed by atoms with E-state index in [0.717, 1.165) is 36.9 Å². The van der Waals surface area contributed by atoms with Gasteiger partial charge in [-0.2, -0.15) is 0 Å². The second-order valence-corrected chi connectivity index (χ2v) is 5.97. The number of amides is 2. The summed E-state index contributed by atoms with van der Waals surface area (Å²) in [7, 11) is 0. The monoisotopic (exact) mass is 287 g/mol. The minimum absolute atomic E-state index is 0.0834. The SMILES string of the molecule is NC1(C(=O)NCCN2C(=O)Cc3ccccc32)CCCC1. The van der Waals surface area contributed by atoms with E-state index in [1.807, 2.05) is 24.3 Å². The molecular formula is C16H21N3O2. The van der Waals surface area contributed by atoms with Gasteiger partial charge in [-0.3, -0.25) is 9.59 Å². The van der Waals surface area contributed by atoms with Crippen molar-refractivity contribution in [3.05, 3.63) is 29.8 Å². The fraction of sp³-hybridized carbons (Fsp3) is 0.500. The second kappa shape index (κ2) is 5.48. The molecule has 0 saturated heterocycles. The van der Waals surface area contributed by atoms with E-state index < -0.39 is 5.54 Å².